The van der Waals surface area contributed by atoms with Gasteiger partial charge >= 0.3 is 0 Å². The summed E-state index contributed by atoms with van der Waals surface area (Å²) in [5.41, 5.74) is 0.161. The number of nitrogens with zero attached hydrogens (tertiary/aromatic N) is 1. The first-order valence-corrected chi connectivity index (χ1v) is 8.57. The van der Waals surface area contributed by atoms with Gasteiger partial charge in [0.1, 0.15) is 0 Å². The minimum absolute atomic E-state index is 0.110. The van der Waals surface area contributed by atoms with Gasteiger partial charge in [-0.1, -0.05) is 25.5 Å². The molecule has 1 aromatic carbocycles. The van der Waals surface area contributed by atoms with E-state index in [-0.39, 0.29) is 16.4 Å². The van der Waals surface area contributed by atoms with E-state index in [9.17, 15) is 13.2 Å². The average molecular weight is 302 g/mol. The van der Waals surface area contributed by atoms with Gasteiger partial charge in [0.25, 0.3) is 15.0 Å². The molecule has 19 heavy (non-hydrogen) atoms. The van der Waals surface area contributed by atoms with Crippen LogP contribution in [-0.4, -0.2) is 32.3 Å². The van der Waals surface area contributed by atoms with Crippen LogP contribution in [0.1, 0.15) is 30.1 Å². The van der Waals surface area contributed by atoms with Crippen LogP contribution in [0, 0.1) is 5.92 Å². The molecule has 1 aliphatic heterocycles. The van der Waals surface area contributed by atoms with E-state index < -0.39 is 9.05 Å². The van der Waals surface area contributed by atoms with Crippen molar-refractivity contribution in [3.8, 4) is 0 Å². The number of carbonyl (C=O) groups is 1. The Balaban J connectivity index is 2.30. The second-order valence-corrected chi connectivity index (χ2v) is 7.28. The van der Waals surface area contributed by atoms with Gasteiger partial charge in [-0.05, 0) is 24.5 Å². The highest BCUT2D eigenvalue weighted by atomic mass is 35.7. The van der Waals surface area contributed by atoms with Crippen LogP contribution in [0.5, 0.6) is 0 Å². The minimum Gasteiger partial charge on any atom is -0.338 e. The second-order valence-electron chi connectivity index (χ2n) is 4.75. The van der Waals surface area contributed by atoms with E-state index in [1.807, 2.05) is 0 Å². The van der Waals surface area contributed by atoms with E-state index >= 15 is 0 Å². The molecule has 1 aliphatic rings. The van der Waals surface area contributed by atoms with Gasteiger partial charge < -0.3 is 4.90 Å². The lowest BCUT2D eigenvalue weighted by atomic mass is 10.1. The van der Waals surface area contributed by atoms with Crippen LogP contribution in [0.15, 0.2) is 29.2 Å². The van der Waals surface area contributed by atoms with E-state index in [2.05, 4.69) is 6.92 Å². The minimum atomic E-state index is -3.90. The van der Waals surface area contributed by atoms with Crippen LogP contribution < -0.4 is 0 Å². The van der Waals surface area contributed by atoms with Gasteiger partial charge in [0.15, 0.2) is 0 Å². The zero-order valence-corrected chi connectivity index (χ0v) is 12.2. The van der Waals surface area contributed by atoms with E-state index in [0.717, 1.165) is 12.8 Å². The monoisotopic (exact) mass is 301 g/mol. The fourth-order valence-electron chi connectivity index (χ4n) is 2.38. The molecule has 1 aromatic rings. The second kappa shape index (κ2) is 5.51. The summed E-state index contributed by atoms with van der Waals surface area (Å²) in [6.07, 6.45) is 2.00. The molecule has 1 fully saturated rings. The molecule has 1 saturated heterocycles. The predicted molar refractivity (Wildman–Crippen MR) is 73.8 cm³/mol. The van der Waals surface area contributed by atoms with Crippen molar-refractivity contribution in [3.05, 3.63) is 29.8 Å². The van der Waals surface area contributed by atoms with E-state index in [4.69, 9.17) is 10.7 Å². The Bertz CT molecular complexity index is 585. The number of hydrogen-bond donors (Lipinski definition) is 0. The van der Waals surface area contributed by atoms with E-state index in [1.165, 1.54) is 12.1 Å². The topological polar surface area (TPSA) is 54.5 Å². The molecule has 4 nitrogen and oxygen atoms in total. The maximum Gasteiger partial charge on any atom is 0.262 e. The molecular formula is C13H16ClNO3S. The Morgan fingerprint density at radius 3 is 2.68 bits per heavy atom. The lowest BCUT2D eigenvalue weighted by Crippen LogP contribution is -2.29. The van der Waals surface area contributed by atoms with Gasteiger partial charge in [0.05, 0.1) is 10.5 Å². The Kier molecular flexibility index (Phi) is 4.16. The summed E-state index contributed by atoms with van der Waals surface area (Å²) in [7, 11) is 1.47. The van der Waals surface area contributed by atoms with Crippen molar-refractivity contribution in [1.82, 2.24) is 4.90 Å². The van der Waals surface area contributed by atoms with Crippen molar-refractivity contribution < 1.29 is 13.2 Å². The molecule has 0 saturated carbocycles. The lowest BCUT2D eigenvalue weighted by Gasteiger charge is -2.17. The van der Waals surface area contributed by atoms with Crippen LogP contribution in [-0.2, 0) is 9.05 Å². The molecule has 1 unspecified atom stereocenters. The normalized spacial score (nSPS) is 19.7. The summed E-state index contributed by atoms with van der Waals surface area (Å²) in [6.45, 7) is 3.45. The first-order chi connectivity index (χ1) is 8.93. The van der Waals surface area contributed by atoms with E-state index in [1.54, 1.807) is 17.0 Å². The van der Waals surface area contributed by atoms with Gasteiger partial charge in [0, 0.05) is 23.8 Å². The first kappa shape index (κ1) is 14.3. The molecular weight excluding hydrogens is 286 g/mol. The molecule has 6 heteroatoms. The molecule has 0 N–H and O–H groups in total. The molecule has 0 bridgehead atoms. The van der Waals surface area contributed by atoms with Crippen LogP contribution in [0.2, 0.25) is 0 Å². The zero-order valence-electron chi connectivity index (χ0n) is 10.7. The van der Waals surface area contributed by atoms with Crippen LogP contribution >= 0.6 is 10.7 Å². The molecule has 104 valence electrons. The quantitative estimate of drug-likeness (QED) is 0.806. The number of halogens is 1. The molecule has 1 amide bonds. The summed E-state index contributed by atoms with van der Waals surface area (Å²) >= 11 is 0. The smallest absolute Gasteiger partial charge is 0.262 e. The van der Waals surface area contributed by atoms with E-state index in [0.29, 0.717) is 19.0 Å². The maximum atomic E-state index is 12.4. The molecule has 1 atom stereocenters. The Morgan fingerprint density at radius 1 is 1.42 bits per heavy atom. The molecule has 0 spiro atoms. The van der Waals surface area contributed by atoms with Crippen LogP contribution in [0.25, 0.3) is 0 Å². The van der Waals surface area contributed by atoms with Crippen molar-refractivity contribution in [2.45, 2.75) is 24.7 Å². The third-order valence-electron chi connectivity index (χ3n) is 3.53. The highest BCUT2D eigenvalue weighted by Gasteiger charge is 2.29. The fraction of sp³-hybridized carbons (Fsp3) is 0.462. The standard InChI is InChI=1S/C13H16ClNO3S/c1-2-10-7-8-15(9-10)13(16)11-5-3-4-6-12(11)19(14,17)18/h3-6,10H,2,7-9H2,1H3. The Hall–Kier alpha value is -1.07. The van der Waals surface area contributed by atoms with Crippen molar-refractivity contribution in [2.24, 2.45) is 5.92 Å². The number of amides is 1. The Labute approximate surface area is 117 Å². The first-order valence-electron chi connectivity index (χ1n) is 6.26. The summed E-state index contributed by atoms with van der Waals surface area (Å²) in [6, 6.07) is 6.08. The number of benzene rings is 1. The lowest BCUT2D eigenvalue weighted by molar-refractivity contribution is 0.0783. The van der Waals surface area contributed by atoms with Crippen molar-refractivity contribution >= 4 is 25.6 Å². The maximum absolute atomic E-state index is 12.4. The number of likely N-dealkylation sites (tertiary alicyclic amines) is 1. The summed E-state index contributed by atoms with van der Waals surface area (Å²) in [5, 5.41) is 0. The molecule has 0 radical (unpaired) electrons. The van der Waals surface area contributed by atoms with Crippen LogP contribution in [0.4, 0.5) is 0 Å². The summed E-state index contributed by atoms with van der Waals surface area (Å²) < 4.78 is 23.0. The molecule has 1 heterocycles. The van der Waals surface area contributed by atoms with Gasteiger partial charge in [-0.25, -0.2) is 8.42 Å². The van der Waals surface area contributed by atoms with Crippen molar-refractivity contribution in [3.63, 3.8) is 0 Å². The largest absolute Gasteiger partial charge is 0.338 e. The number of rotatable bonds is 3. The molecule has 0 aliphatic carbocycles. The number of carbonyl (C=O) groups excluding carboxylic acids is 1. The Morgan fingerprint density at radius 2 is 2.11 bits per heavy atom. The zero-order chi connectivity index (χ0) is 14.0. The molecule has 0 aromatic heterocycles. The third kappa shape index (κ3) is 3.09. The summed E-state index contributed by atoms with van der Waals surface area (Å²) in [4.78, 5) is 14.0. The van der Waals surface area contributed by atoms with Crippen molar-refractivity contribution in [2.75, 3.05) is 13.1 Å². The predicted octanol–water partition coefficient (Wildman–Crippen LogP) is 2.49. The van der Waals surface area contributed by atoms with Gasteiger partial charge in [0.2, 0.25) is 0 Å². The van der Waals surface area contributed by atoms with Crippen LogP contribution in [0.3, 0.4) is 0 Å². The van der Waals surface area contributed by atoms with Gasteiger partial charge in [-0.3, -0.25) is 4.79 Å². The summed E-state index contributed by atoms with van der Waals surface area (Å²) in [5.74, 6) is 0.250. The third-order valence-corrected chi connectivity index (χ3v) is 4.91. The highest BCUT2D eigenvalue weighted by molar-refractivity contribution is 8.13. The average Bonchev–Trinajstić information content (AvgIpc) is 2.85. The fourth-order valence-corrected chi connectivity index (χ4v) is 3.44. The van der Waals surface area contributed by atoms with Crippen molar-refractivity contribution in [1.29, 1.82) is 0 Å². The van der Waals surface area contributed by atoms with Gasteiger partial charge in [-0.15, -0.1) is 0 Å². The SMILES string of the molecule is CCC1CCN(C(=O)c2ccccc2S(=O)(=O)Cl)C1. The van der Waals surface area contributed by atoms with Gasteiger partial charge in [-0.2, -0.15) is 0 Å². The molecule has 2 rings (SSSR count). The highest BCUT2D eigenvalue weighted by Crippen LogP contribution is 2.25. The number of hydrogen-bond acceptors (Lipinski definition) is 3.